The van der Waals surface area contributed by atoms with Gasteiger partial charge in [-0.2, -0.15) is 5.10 Å². The van der Waals surface area contributed by atoms with Gasteiger partial charge in [0.1, 0.15) is 0 Å². The molecule has 24 heavy (non-hydrogen) atoms. The minimum absolute atomic E-state index is 0.0733. The molecule has 0 radical (unpaired) electrons. The van der Waals surface area contributed by atoms with Crippen molar-refractivity contribution in [2.45, 2.75) is 30.7 Å². The Balaban J connectivity index is 1.77. The summed E-state index contributed by atoms with van der Waals surface area (Å²) in [7, 11) is -1.75. The zero-order valence-electron chi connectivity index (χ0n) is 13.3. The summed E-state index contributed by atoms with van der Waals surface area (Å²) < 4.78 is 29.6. The smallest absolute Gasteiger partial charge is 0.216 e. The highest BCUT2D eigenvalue weighted by Gasteiger charge is 2.37. The van der Waals surface area contributed by atoms with Crippen molar-refractivity contribution in [2.75, 3.05) is 0 Å². The van der Waals surface area contributed by atoms with E-state index in [2.05, 4.69) is 9.82 Å². The Labute approximate surface area is 146 Å². The first-order chi connectivity index (χ1) is 11.3. The van der Waals surface area contributed by atoms with Crippen LogP contribution in [0, 0.1) is 5.92 Å². The predicted molar refractivity (Wildman–Crippen MR) is 91.9 cm³/mol. The van der Waals surface area contributed by atoms with Crippen molar-refractivity contribution in [2.24, 2.45) is 13.0 Å². The van der Waals surface area contributed by atoms with Crippen LogP contribution in [-0.2, 0) is 22.8 Å². The molecule has 1 aliphatic rings. The fraction of sp³-hybridized carbons (Fsp3) is 0.438. The second-order valence-corrected chi connectivity index (χ2v) is 8.50. The molecule has 1 aliphatic carbocycles. The predicted octanol–water partition coefficient (Wildman–Crippen LogP) is 2.01. The number of aliphatic hydroxyl groups is 1. The van der Waals surface area contributed by atoms with E-state index < -0.39 is 10.0 Å². The minimum Gasteiger partial charge on any atom is -0.393 e. The number of aromatic nitrogens is 2. The van der Waals surface area contributed by atoms with E-state index in [1.165, 1.54) is 0 Å². The van der Waals surface area contributed by atoms with Gasteiger partial charge in [0.15, 0.2) is 0 Å². The van der Waals surface area contributed by atoms with Gasteiger partial charge in [-0.1, -0.05) is 23.7 Å². The Bertz CT molecular complexity index is 798. The number of benzene rings is 1. The summed E-state index contributed by atoms with van der Waals surface area (Å²) in [5, 5.41) is 14.3. The number of sulfonamides is 1. The van der Waals surface area contributed by atoms with E-state index in [-0.39, 0.29) is 23.8 Å². The van der Waals surface area contributed by atoms with Crippen molar-refractivity contribution >= 4 is 21.6 Å². The van der Waals surface area contributed by atoms with Crippen LogP contribution in [-0.4, -0.2) is 29.4 Å². The van der Waals surface area contributed by atoms with Crippen molar-refractivity contribution in [3.05, 3.63) is 52.8 Å². The van der Waals surface area contributed by atoms with E-state index in [9.17, 15) is 13.5 Å². The summed E-state index contributed by atoms with van der Waals surface area (Å²) in [4.78, 5) is 0. The van der Waals surface area contributed by atoms with E-state index in [4.69, 9.17) is 11.6 Å². The quantitative estimate of drug-likeness (QED) is 0.815. The third-order valence-electron chi connectivity index (χ3n) is 4.28. The number of nitrogens with zero attached hydrogens (tertiary/aromatic N) is 2. The molecule has 0 amide bonds. The lowest BCUT2D eigenvalue weighted by Gasteiger charge is -2.37. The van der Waals surface area contributed by atoms with Gasteiger partial charge in [-0.25, -0.2) is 13.1 Å². The lowest BCUT2D eigenvalue weighted by atomic mass is 9.76. The van der Waals surface area contributed by atoms with Gasteiger partial charge >= 0.3 is 0 Å². The molecule has 8 heteroatoms. The van der Waals surface area contributed by atoms with Gasteiger partial charge in [-0.05, 0) is 36.5 Å². The summed E-state index contributed by atoms with van der Waals surface area (Å²) in [6, 6.07) is 6.38. The number of hydrogen-bond acceptors (Lipinski definition) is 4. The summed E-state index contributed by atoms with van der Waals surface area (Å²) >= 11 is 5.83. The van der Waals surface area contributed by atoms with Gasteiger partial charge in [0.2, 0.25) is 10.0 Å². The van der Waals surface area contributed by atoms with Gasteiger partial charge in [-0.15, -0.1) is 0 Å². The molecule has 1 fully saturated rings. The molecule has 1 atom stereocenters. The molecule has 0 unspecified atom stereocenters. The summed E-state index contributed by atoms with van der Waals surface area (Å²) in [5.74, 6) is -0.0415. The lowest BCUT2D eigenvalue weighted by molar-refractivity contribution is 0.0280. The summed E-state index contributed by atoms with van der Waals surface area (Å²) in [6.45, 7) is 0. The summed E-state index contributed by atoms with van der Waals surface area (Å²) in [6.07, 6.45) is 4.29. The van der Waals surface area contributed by atoms with E-state index in [1.807, 2.05) is 0 Å². The van der Waals surface area contributed by atoms with Crippen molar-refractivity contribution in [1.82, 2.24) is 14.5 Å². The van der Waals surface area contributed by atoms with Gasteiger partial charge in [-0.3, -0.25) is 4.68 Å². The topological polar surface area (TPSA) is 84.2 Å². The largest absolute Gasteiger partial charge is 0.393 e. The van der Waals surface area contributed by atoms with Crippen molar-refractivity contribution < 1.29 is 13.5 Å². The van der Waals surface area contributed by atoms with Crippen LogP contribution in [0.5, 0.6) is 0 Å². The first-order valence-corrected chi connectivity index (χ1v) is 9.76. The van der Waals surface area contributed by atoms with Gasteiger partial charge in [0.25, 0.3) is 0 Å². The number of aliphatic hydroxyl groups excluding tert-OH is 1. The van der Waals surface area contributed by atoms with Crippen LogP contribution in [0.3, 0.4) is 0 Å². The molecule has 0 bridgehead atoms. The molecule has 1 saturated carbocycles. The van der Waals surface area contributed by atoms with Crippen LogP contribution < -0.4 is 4.72 Å². The molecule has 0 aliphatic heterocycles. The third kappa shape index (κ3) is 4.16. The highest BCUT2D eigenvalue weighted by atomic mass is 35.5. The maximum atomic E-state index is 12.6. The maximum absolute atomic E-state index is 12.6. The number of halogens is 1. The molecule has 3 rings (SSSR count). The molecule has 130 valence electrons. The Hall–Kier alpha value is -1.41. The molecular formula is C16H20ClN3O3S. The van der Waals surface area contributed by atoms with Crippen molar-refractivity contribution in [3.8, 4) is 0 Å². The number of aryl methyl sites for hydroxylation is 1. The highest BCUT2D eigenvalue weighted by Crippen LogP contribution is 2.38. The minimum atomic E-state index is -3.54. The zero-order valence-corrected chi connectivity index (χ0v) is 14.8. The fourth-order valence-corrected chi connectivity index (χ4v) is 4.53. The fourth-order valence-electron chi connectivity index (χ4n) is 2.97. The third-order valence-corrected chi connectivity index (χ3v) is 5.86. The molecular weight excluding hydrogens is 350 g/mol. The van der Waals surface area contributed by atoms with Gasteiger partial charge in [0.05, 0.1) is 24.1 Å². The Morgan fingerprint density at radius 1 is 1.38 bits per heavy atom. The first-order valence-electron chi connectivity index (χ1n) is 7.73. The Morgan fingerprint density at radius 2 is 2.04 bits per heavy atom. The van der Waals surface area contributed by atoms with Crippen LogP contribution in [0.1, 0.15) is 30.0 Å². The molecule has 0 saturated heterocycles. The number of rotatable bonds is 6. The maximum Gasteiger partial charge on any atom is 0.216 e. The molecule has 2 N–H and O–H groups in total. The van der Waals surface area contributed by atoms with E-state index in [1.54, 1.807) is 48.4 Å². The van der Waals surface area contributed by atoms with Crippen LogP contribution in [0.25, 0.3) is 0 Å². The molecule has 0 spiro atoms. The monoisotopic (exact) mass is 369 g/mol. The average Bonchev–Trinajstić information content (AvgIpc) is 2.90. The SMILES string of the molecule is Cn1cc([C@H](NS(=O)(=O)Cc2ccc(Cl)cc2)C2CC(O)C2)cn1. The highest BCUT2D eigenvalue weighted by molar-refractivity contribution is 7.88. The Kier molecular flexibility index (Phi) is 4.96. The van der Waals surface area contributed by atoms with Crippen molar-refractivity contribution in [1.29, 1.82) is 0 Å². The Morgan fingerprint density at radius 3 is 2.58 bits per heavy atom. The average molecular weight is 370 g/mol. The molecule has 1 heterocycles. The lowest BCUT2D eigenvalue weighted by Crippen LogP contribution is -2.41. The van der Waals surface area contributed by atoms with Crippen LogP contribution in [0.2, 0.25) is 5.02 Å². The van der Waals surface area contributed by atoms with Crippen molar-refractivity contribution in [3.63, 3.8) is 0 Å². The van der Waals surface area contributed by atoms with E-state index >= 15 is 0 Å². The molecule has 2 aromatic rings. The number of hydrogen-bond donors (Lipinski definition) is 2. The van der Waals surface area contributed by atoms with Gasteiger partial charge < -0.3 is 5.11 Å². The van der Waals surface area contributed by atoms with E-state index in [0.29, 0.717) is 23.4 Å². The van der Waals surface area contributed by atoms with Crippen LogP contribution in [0.15, 0.2) is 36.7 Å². The summed E-state index contributed by atoms with van der Waals surface area (Å²) in [5.41, 5.74) is 1.49. The van der Waals surface area contributed by atoms with Crippen LogP contribution >= 0.6 is 11.6 Å². The standard InChI is InChI=1S/C16H20ClN3O3S/c1-20-9-13(8-18-20)16(12-6-15(21)7-12)19-24(22,23)10-11-2-4-14(17)5-3-11/h2-5,8-9,12,15-16,19,21H,6-7,10H2,1H3/t12?,15?,16-/m1/s1. The van der Waals surface area contributed by atoms with E-state index in [0.717, 1.165) is 5.56 Å². The molecule has 6 nitrogen and oxygen atoms in total. The zero-order chi connectivity index (χ0) is 17.3. The second kappa shape index (κ2) is 6.84. The molecule has 1 aromatic carbocycles. The second-order valence-electron chi connectivity index (χ2n) is 6.31. The normalized spacial score (nSPS) is 22.1. The van der Waals surface area contributed by atoms with Crippen LogP contribution in [0.4, 0.5) is 0 Å². The molecule has 1 aromatic heterocycles. The number of nitrogens with one attached hydrogen (secondary N) is 1. The first kappa shape index (κ1) is 17.4. The van der Waals surface area contributed by atoms with Gasteiger partial charge in [0, 0.05) is 23.8 Å².